The number of carbonyl (C=O) groups excluding carboxylic acids is 2. The second kappa shape index (κ2) is 10.2. The lowest BCUT2D eigenvalue weighted by Gasteiger charge is -2.40. The summed E-state index contributed by atoms with van der Waals surface area (Å²) in [5.74, 6) is -2.28. The van der Waals surface area contributed by atoms with E-state index in [-0.39, 0.29) is 29.3 Å². The fraction of sp³-hybridized carbons (Fsp3) is 0.346. The summed E-state index contributed by atoms with van der Waals surface area (Å²) in [5, 5.41) is 4.26. The van der Waals surface area contributed by atoms with Crippen LogP contribution >= 0.6 is 0 Å². The molecule has 2 heterocycles. The topological polar surface area (TPSA) is 58.4 Å². The van der Waals surface area contributed by atoms with Gasteiger partial charge in [0.25, 0.3) is 11.8 Å². The predicted octanol–water partition coefficient (Wildman–Crippen LogP) is 3.93. The molecule has 0 radical (unpaired) electrons. The van der Waals surface area contributed by atoms with Gasteiger partial charge in [0.15, 0.2) is 11.6 Å². The fourth-order valence-electron chi connectivity index (χ4n) is 4.63. The lowest BCUT2D eigenvalue weighted by Crippen LogP contribution is -2.48. The summed E-state index contributed by atoms with van der Waals surface area (Å²) < 4.78 is 28.5. The third-order valence-electron chi connectivity index (χ3n) is 6.58. The molecule has 1 atom stereocenters. The van der Waals surface area contributed by atoms with Crippen molar-refractivity contribution in [1.82, 2.24) is 19.6 Å². The summed E-state index contributed by atoms with van der Waals surface area (Å²) in [6.45, 7) is 0.971. The lowest BCUT2D eigenvalue weighted by molar-refractivity contribution is 0.0518. The van der Waals surface area contributed by atoms with E-state index in [4.69, 9.17) is 0 Å². The molecule has 4 rings (SSSR count). The maximum atomic E-state index is 13.6. The molecule has 0 aliphatic carbocycles. The van der Waals surface area contributed by atoms with E-state index in [1.165, 1.54) is 6.07 Å². The van der Waals surface area contributed by atoms with E-state index in [1.54, 1.807) is 33.8 Å². The van der Waals surface area contributed by atoms with Crippen LogP contribution in [0.1, 0.15) is 39.3 Å². The molecule has 6 nitrogen and oxygen atoms in total. The number of amides is 2. The van der Waals surface area contributed by atoms with Crippen molar-refractivity contribution in [2.24, 2.45) is 13.0 Å². The third kappa shape index (κ3) is 5.16. The molecule has 1 aromatic heterocycles. The molecule has 2 aromatic carbocycles. The number of likely N-dealkylation sites (N-methyl/N-ethyl adjacent to an activating group) is 1. The SMILES string of the molecule is CN(C(=O)c1ccn(C)n1)[C@H](Cc1ccccc1)C1CCN(C(=O)c2ccc(F)c(F)c2)CC1. The number of likely N-dealkylation sites (tertiary alicyclic amines) is 1. The van der Waals surface area contributed by atoms with E-state index in [0.717, 1.165) is 17.7 Å². The average molecular weight is 467 g/mol. The summed E-state index contributed by atoms with van der Waals surface area (Å²) >= 11 is 0. The van der Waals surface area contributed by atoms with Crippen LogP contribution in [0.15, 0.2) is 60.8 Å². The molecule has 8 heteroatoms. The maximum Gasteiger partial charge on any atom is 0.274 e. The highest BCUT2D eigenvalue weighted by Gasteiger charge is 2.34. The van der Waals surface area contributed by atoms with Gasteiger partial charge in [-0.2, -0.15) is 5.10 Å². The Morgan fingerprint density at radius 3 is 2.38 bits per heavy atom. The number of piperidine rings is 1. The quantitative estimate of drug-likeness (QED) is 0.553. The van der Waals surface area contributed by atoms with Gasteiger partial charge in [0.05, 0.1) is 0 Å². The highest BCUT2D eigenvalue weighted by Crippen LogP contribution is 2.28. The number of aromatic nitrogens is 2. The van der Waals surface area contributed by atoms with Crippen molar-refractivity contribution in [3.63, 3.8) is 0 Å². The largest absolute Gasteiger partial charge is 0.339 e. The second-order valence-corrected chi connectivity index (χ2v) is 8.81. The summed E-state index contributed by atoms with van der Waals surface area (Å²) in [6.07, 6.45) is 3.84. The Balaban J connectivity index is 1.49. The Kier molecular flexibility index (Phi) is 7.05. The number of halogens is 2. The van der Waals surface area contributed by atoms with Crippen LogP contribution in [0.25, 0.3) is 0 Å². The number of carbonyl (C=O) groups is 2. The summed E-state index contributed by atoms with van der Waals surface area (Å²) in [7, 11) is 3.58. The monoisotopic (exact) mass is 466 g/mol. The minimum Gasteiger partial charge on any atom is -0.339 e. The Hall–Kier alpha value is -3.55. The highest BCUT2D eigenvalue weighted by atomic mass is 19.2. The molecule has 1 aliphatic heterocycles. The van der Waals surface area contributed by atoms with Crippen molar-refractivity contribution >= 4 is 11.8 Å². The molecule has 178 valence electrons. The first-order valence-corrected chi connectivity index (χ1v) is 11.4. The number of rotatable bonds is 6. The van der Waals surface area contributed by atoms with E-state index in [9.17, 15) is 18.4 Å². The standard InChI is InChI=1S/C26H28F2N4O2/c1-30-13-12-23(29-30)26(34)31(2)24(16-18-6-4-3-5-7-18)19-10-14-32(15-11-19)25(33)20-8-9-21(27)22(28)17-20/h3-9,12-13,17,19,24H,10-11,14-16H2,1-2H3/t24-/m1/s1. The molecule has 0 spiro atoms. The smallest absolute Gasteiger partial charge is 0.274 e. The Labute approximate surface area is 197 Å². The van der Waals surface area contributed by atoms with Crippen LogP contribution < -0.4 is 0 Å². The number of hydrogen-bond donors (Lipinski definition) is 0. The van der Waals surface area contributed by atoms with Gasteiger partial charge in [-0.1, -0.05) is 30.3 Å². The molecule has 0 N–H and O–H groups in total. The summed E-state index contributed by atoms with van der Waals surface area (Å²) in [6, 6.07) is 14.9. The van der Waals surface area contributed by atoms with E-state index >= 15 is 0 Å². The molecular formula is C26H28F2N4O2. The minimum absolute atomic E-state index is 0.0718. The molecule has 1 saturated heterocycles. The Morgan fingerprint density at radius 1 is 1.06 bits per heavy atom. The third-order valence-corrected chi connectivity index (χ3v) is 6.58. The van der Waals surface area contributed by atoms with Gasteiger partial charge in [-0.15, -0.1) is 0 Å². The second-order valence-electron chi connectivity index (χ2n) is 8.81. The van der Waals surface area contributed by atoms with E-state index in [2.05, 4.69) is 5.10 Å². The summed E-state index contributed by atoms with van der Waals surface area (Å²) in [4.78, 5) is 29.4. The van der Waals surface area contributed by atoms with Crippen molar-refractivity contribution in [1.29, 1.82) is 0 Å². The minimum atomic E-state index is -1.03. The number of hydrogen-bond acceptors (Lipinski definition) is 3. The fourth-order valence-corrected chi connectivity index (χ4v) is 4.63. The van der Waals surface area contributed by atoms with Crippen LogP contribution in [-0.2, 0) is 13.5 Å². The first-order chi connectivity index (χ1) is 16.3. The highest BCUT2D eigenvalue weighted by molar-refractivity contribution is 5.94. The first-order valence-electron chi connectivity index (χ1n) is 11.4. The Morgan fingerprint density at radius 2 is 1.76 bits per heavy atom. The maximum absolute atomic E-state index is 13.6. The number of nitrogens with zero attached hydrogens (tertiary/aromatic N) is 4. The van der Waals surface area contributed by atoms with Crippen LogP contribution in [0.5, 0.6) is 0 Å². The van der Waals surface area contributed by atoms with Crippen LogP contribution in [0, 0.1) is 17.6 Å². The van der Waals surface area contributed by atoms with Gasteiger partial charge in [0.2, 0.25) is 0 Å². The van der Waals surface area contributed by atoms with E-state index < -0.39 is 11.6 Å². The van der Waals surface area contributed by atoms with Crippen LogP contribution in [0.4, 0.5) is 8.78 Å². The summed E-state index contributed by atoms with van der Waals surface area (Å²) in [5.41, 5.74) is 1.67. The Bertz CT molecular complexity index is 1160. The predicted molar refractivity (Wildman–Crippen MR) is 124 cm³/mol. The molecule has 0 unspecified atom stereocenters. The number of benzene rings is 2. The zero-order valence-electron chi connectivity index (χ0n) is 19.3. The zero-order valence-corrected chi connectivity index (χ0v) is 19.3. The van der Waals surface area contributed by atoms with Gasteiger partial charge in [0, 0.05) is 45.0 Å². The van der Waals surface area contributed by atoms with Gasteiger partial charge < -0.3 is 9.80 Å². The van der Waals surface area contributed by atoms with E-state index in [0.29, 0.717) is 38.0 Å². The lowest BCUT2D eigenvalue weighted by atomic mass is 9.84. The molecule has 34 heavy (non-hydrogen) atoms. The van der Waals surface area contributed by atoms with Crippen molar-refractivity contribution in [2.75, 3.05) is 20.1 Å². The van der Waals surface area contributed by atoms with E-state index in [1.807, 2.05) is 37.4 Å². The van der Waals surface area contributed by atoms with Crippen molar-refractivity contribution < 1.29 is 18.4 Å². The molecule has 3 aromatic rings. The first kappa shape index (κ1) is 23.6. The molecule has 2 amide bonds. The van der Waals surface area contributed by atoms with Crippen LogP contribution in [-0.4, -0.2) is 57.6 Å². The van der Waals surface area contributed by atoms with Crippen LogP contribution in [0.2, 0.25) is 0 Å². The van der Waals surface area contributed by atoms with Gasteiger partial charge in [-0.25, -0.2) is 8.78 Å². The molecule has 1 aliphatic rings. The van der Waals surface area contributed by atoms with Crippen LogP contribution in [0.3, 0.4) is 0 Å². The molecular weight excluding hydrogens is 438 g/mol. The normalized spacial score (nSPS) is 15.2. The molecule has 0 saturated carbocycles. The molecule has 0 bridgehead atoms. The number of aryl methyl sites for hydroxylation is 1. The van der Waals surface area contributed by atoms with Gasteiger partial charge in [-0.3, -0.25) is 14.3 Å². The van der Waals surface area contributed by atoms with Gasteiger partial charge >= 0.3 is 0 Å². The van der Waals surface area contributed by atoms with Crippen molar-refractivity contribution in [3.8, 4) is 0 Å². The van der Waals surface area contributed by atoms with Gasteiger partial charge in [0.1, 0.15) is 5.69 Å². The average Bonchev–Trinajstić information content (AvgIpc) is 3.30. The molecule has 1 fully saturated rings. The zero-order chi connectivity index (χ0) is 24.2. The van der Waals surface area contributed by atoms with Crippen molar-refractivity contribution in [2.45, 2.75) is 25.3 Å². The van der Waals surface area contributed by atoms with Gasteiger partial charge in [-0.05, 0) is 55.0 Å². The van der Waals surface area contributed by atoms with Crippen molar-refractivity contribution in [3.05, 3.63) is 89.2 Å².